The van der Waals surface area contributed by atoms with Gasteiger partial charge in [0.2, 0.25) is 0 Å². The van der Waals surface area contributed by atoms with Gasteiger partial charge in [0.1, 0.15) is 0 Å². The molecule has 2 aromatic rings. The van der Waals surface area contributed by atoms with Crippen LogP contribution in [0.2, 0.25) is 10.0 Å². The van der Waals surface area contributed by atoms with Crippen LogP contribution in [0, 0.1) is 0 Å². The number of amides is 2. The Balaban J connectivity index is 1.87. The molecule has 0 radical (unpaired) electrons. The summed E-state index contributed by atoms with van der Waals surface area (Å²) >= 11 is 13.0. The van der Waals surface area contributed by atoms with E-state index in [0.717, 1.165) is 16.7 Å². The lowest BCUT2D eigenvalue weighted by atomic mass is 10.1. The number of aromatic hydroxyl groups is 1. The molecule has 2 aromatic carbocycles. The lowest BCUT2D eigenvalue weighted by molar-refractivity contribution is -0.123. The van der Waals surface area contributed by atoms with E-state index in [0.29, 0.717) is 22.8 Å². The first-order valence-electron chi connectivity index (χ1n) is 8.04. The largest absolute Gasteiger partial charge is 0.503 e. The second-order valence-electron chi connectivity index (χ2n) is 5.64. The van der Waals surface area contributed by atoms with E-state index in [-0.39, 0.29) is 33.2 Å². The van der Waals surface area contributed by atoms with Gasteiger partial charge in [-0.25, -0.2) is 0 Å². The van der Waals surface area contributed by atoms with Gasteiger partial charge in [0.15, 0.2) is 11.5 Å². The summed E-state index contributed by atoms with van der Waals surface area (Å²) in [4.78, 5) is 26.3. The van der Waals surface area contributed by atoms with Gasteiger partial charge in [-0.3, -0.25) is 14.5 Å². The SMILES string of the molecule is CCOc1cc(/C=C2\SC(=O)N(Cc3ccccc3Cl)C2=O)cc(Cl)c1O. The molecule has 27 heavy (non-hydrogen) atoms. The zero-order valence-corrected chi connectivity index (χ0v) is 16.6. The molecule has 140 valence electrons. The number of phenolic OH excluding ortho intramolecular Hbond substituents is 1. The highest BCUT2D eigenvalue weighted by Crippen LogP contribution is 2.38. The third-order valence-electron chi connectivity index (χ3n) is 3.81. The first kappa shape index (κ1) is 19.6. The van der Waals surface area contributed by atoms with Crippen molar-refractivity contribution in [3.8, 4) is 11.5 Å². The van der Waals surface area contributed by atoms with Crippen LogP contribution in [0.25, 0.3) is 6.08 Å². The summed E-state index contributed by atoms with van der Waals surface area (Å²) in [7, 11) is 0. The van der Waals surface area contributed by atoms with Gasteiger partial charge in [-0.2, -0.15) is 0 Å². The molecule has 3 rings (SSSR count). The number of carbonyl (C=O) groups is 2. The molecule has 2 amide bonds. The van der Waals surface area contributed by atoms with E-state index < -0.39 is 5.91 Å². The summed E-state index contributed by atoms with van der Waals surface area (Å²) in [5.74, 6) is -0.360. The van der Waals surface area contributed by atoms with Crippen LogP contribution in [0.4, 0.5) is 4.79 Å². The van der Waals surface area contributed by atoms with E-state index in [9.17, 15) is 14.7 Å². The summed E-state index contributed by atoms with van der Waals surface area (Å²) in [6.45, 7) is 2.23. The van der Waals surface area contributed by atoms with E-state index in [1.54, 1.807) is 43.3 Å². The molecule has 8 heteroatoms. The normalized spacial score (nSPS) is 15.7. The van der Waals surface area contributed by atoms with Crippen molar-refractivity contribution < 1.29 is 19.4 Å². The van der Waals surface area contributed by atoms with Crippen molar-refractivity contribution in [3.05, 3.63) is 62.5 Å². The average molecular weight is 424 g/mol. The number of halogens is 2. The van der Waals surface area contributed by atoms with Crippen LogP contribution in [0.5, 0.6) is 11.5 Å². The highest BCUT2D eigenvalue weighted by atomic mass is 35.5. The maximum absolute atomic E-state index is 12.7. The lowest BCUT2D eigenvalue weighted by Crippen LogP contribution is -2.27. The number of rotatable bonds is 5. The highest BCUT2D eigenvalue weighted by molar-refractivity contribution is 8.18. The quantitative estimate of drug-likeness (QED) is 0.657. The number of imide groups is 1. The topological polar surface area (TPSA) is 66.8 Å². The summed E-state index contributed by atoms with van der Waals surface area (Å²) < 4.78 is 5.34. The van der Waals surface area contributed by atoms with Crippen LogP contribution in [0.1, 0.15) is 18.1 Å². The molecule has 1 saturated heterocycles. The Morgan fingerprint density at radius 1 is 1.19 bits per heavy atom. The zero-order chi connectivity index (χ0) is 19.6. The third kappa shape index (κ3) is 4.24. The summed E-state index contributed by atoms with van der Waals surface area (Å²) in [6.07, 6.45) is 1.55. The van der Waals surface area contributed by atoms with E-state index in [1.165, 1.54) is 6.07 Å². The Morgan fingerprint density at radius 3 is 2.63 bits per heavy atom. The molecule has 0 spiro atoms. The van der Waals surface area contributed by atoms with Crippen LogP contribution >= 0.6 is 35.0 Å². The molecule has 5 nitrogen and oxygen atoms in total. The van der Waals surface area contributed by atoms with Crippen molar-refractivity contribution in [2.24, 2.45) is 0 Å². The maximum Gasteiger partial charge on any atom is 0.293 e. The summed E-state index contributed by atoms with van der Waals surface area (Å²) in [5.41, 5.74) is 1.23. The second kappa shape index (κ2) is 8.25. The molecule has 0 bridgehead atoms. The van der Waals surface area contributed by atoms with Gasteiger partial charge in [-0.05, 0) is 54.1 Å². The Morgan fingerprint density at radius 2 is 1.93 bits per heavy atom. The van der Waals surface area contributed by atoms with Gasteiger partial charge < -0.3 is 9.84 Å². The van der Waals surface area contributed by atoms with Gasteiger partial charge in [0, 0.05) is 5.02 Å². The number of nitrogens with zero attached hydrogens (tertiary/aromatic N) is 1. The number of hydrogen-bond acceptors (Lipinski definition) is 5. The van der Waals surface area contributed by atoms with E-state index in [2.05, 4.69) is 0 Å². The molecular formula is C19H15Cl2NO4S. The zero-order valence-electron chi connectivity index (χ0n) is 14.2. The lowest BCUT2D eigenvalue weighted by Gasteiger charge is -2.13. The molecule has 1 aliphatic heterocycles. The van der Waals surface area contributed by atoms with E-state index in [4.69, 9.17) is 27.9 Å². The number of ether oxygens (including phenoxy) is 1. The molecule has 1 heterocycles. The minimum Gasteiger partial charge on any atom is -0.503 e. The van der Waals surface area contributed by atoms with Crippen molar-refractivity contribution >= 4 is 52.2 Å². The Bertz CT molecular complexity index is 945. The Hall–Kier alpha value is -2.15. The maximum atomic E-state index is 12.7. The molecule has 0 aliphatic carbocycles. The van der Waals surface area contributed by atoms with Crippen molar-refractivity contribution in [1.29, 1.82) is 0 Å². The van der Waals surface area contributed by atoms with Crippen molar-refractivity contribution in [2.45, 2.75) is 13.5 Å². The molecule has 0 aromatic heterocycles. The second-order valence-corrected chi connectivity index (χ2v) is 7.45. The predicted molar refractivity (Wildman–Crippen MR) is 107 cm³/mol. The fourth-order valence-electron chi connectivity index (χ4n) is 2.53. The van der Waals surface area contributed by atoms with Crippen molar-refractivity contribution in [1.82, 2.24) is 4.90 Å². The molecule has 0 unspecified atom stereocenters. The van der Waals surface area contributed by atoms with Gasteiger partial charge in [0.25, 0.3) is 11.1 Å². The number of phenols is 1. The standard InChI is InChI=1S/C19H15Cl2NO4S/c1-2-26-15-8-11(7-14(21)17(15)23)9-16-18(24)22(19(25)27-16)10-12-5-3-4-6-13(12)20/h3-9,23H,2,10H2,1H3/b16-9-. The summed E-state index contributed by atoms with van der Waals surface area (Å²) in [6, 6.07) is 10.1. The predicted octanol–water partition coefficient (Wildman–Crippen LogP) is 5.33. The average Bonchev–Trinajstić information content (AvgIpc) is 2.88. The fraction of sp³-hybridized carbons (Fsp3) is 0.158. The molecule has 1 N–H and O–H groups in total. The molecule has 0 atom stereocenters. The van der Waals surface area contributed by atoms with Gasteiger partial charge in [-0.1, -0.05) is 41.4 Å². The molecule has 0 saturated carbocycles. The van der Waals surface area contributed by atoms with Crippen LogP contribution in [-0.2, 0) is 11.3 Å². The van der Waals surface area contributed by atoms with Crippen LogP contribution in [-0.4, -0.2) is 27.8 Å². The monoisotopic (exact) mass is 423 g/mol. The van der Waals surface area contributed by atoms with Crippen LogP contribution in [0.15, 0.2) is 41.3 Å². The highest BCUT2D eigenvalue weighted by Gasteiger charge is 2.35. The third-order valence-corrected chi connectivity index (χ3v) is 5.37. The molecule has 1 fully saturated rings. The Labute approximate surface area is 170 Å². The fourth-order valence-corrected chi connectivity index (χ4v) is 3.78. The van der Waals surface area contributed by atoms with Crippen molar-refractivity contribution in [3.63, 3.8) is 0 Å². The van der Waals surface area contributed by atoms with E-state index >= 15 is 0 Å². The van der Waals surface area contributed by atoms with Crippen LogP contribution in [0.3, 0.4) is 0 Å². The number of carbonyl (C=O) groups excluding carboxylic acids is 2. The minimum atomic E-state index is -0.410. The van der Waals surface area contributed by atoms with E-state index in [1.807, 2.05) is 0 Å². The number of benzene rings is 2. The summed E-state index contributed by atoms with van der Waals surface area (Å²) in [5, 5.41) is 10.1. The van der Waals surface area contributed by atoms with Gasteiger partial charge >= 0.3 is 0 Å². The van der Waals surface area contributed by atoms with Gasteiger partial charge in [0.05, 0.1) is 23.1 Å². The van der Waals surface area contributed by atoms with Crippen LogP contribution < -0.4 is 4.74 Å². The first-order valence-corrected chi connectivity index (χ1v) is 9.62. The first-order chi connectivity index (χ1) is 12.9. The number of hydrogen-bond donors (Lipinski definition) is 1. The molecular weight excluding hydrogens is 409 g/mol. The molecule has 1 aliphatic rings. The Kier molecular flexibility index (Phi) is 5.99. The van der Waals surface area contributed by atoms with Gasteiger partial charge in [-0.15, -0.1) is 0 Å². The smallest absolute Gasteiger partial charge is 0.293 e. The minimum absolute atomic E-state index is 0.0994. The van der Waals surface area contributed by atoms with Crippen molar-refractivity contribution in [2.75, 3.05) is 6.61 Å². The number of thioether (sulfide) groups is 1.